The highest BCUT2D eigenvalue weighted by Gasteiger charge is 2.27. The Hall–Kier alpha value is -3.41. The normalized spacial score (nSPS) is 14.1. The summed E-state index contributed by atoms with van der Waals surface area (Å²) in [5, 5.41) is 5.34. The minimum atomic E-state index is 0.0992. The van der Waals surface area contributed by atoms with Crippen molar-refractivity contribution in [3.63, 3.8) is 0 Å². The number of nitrogens with zero attached hydrogens (tertiary/aromatic N) is 4. The number of carbonyl (C=O) groups excluding carboxylic acids is 1. The Bertz CT molecular complexity index is 1180. The summed E-state index contributed by atoms with van der Waals surface area (Å²) in [6.45, 7) is 0. The molecule has 1 aliphatic rings. The third-order valence-electron chi connectivity index (χ3n) is 5.82. The number of aromatic nitrogens is 4. The molecule has 0 radical (unpaired) electrons. The molecule has 3 heterocycles. The first kappa shape index (κ1) is 17.7. The number of carbonyl (C=O) groups is 1. The van der Waals surface area contributed by atoms with Crippen LogP contribution in [0.25, 0.3) is 33.3 Å². The van der Waals surface area contributed by atoms with E-state index in [-0.39, 0.29) is 11.8 Å². The number of fused-ring (bicyclic) bond motifs is 1. The first-order chi connectivity index (χ1) is 14.1. The van der Waals surface area contributed by atoms with Crippen molar-refractivity contribution in [2.45, 2.75) is 19.3 Å². The molecule has 0 bridgehead atoms. The van der Waals surface area contributed by atoms with Crippen LogP contribution in [0.15, 0.2) is 55.1 Å². The number of aromatic amines is 1. The molecule has 4 aromatic rings. The molecule has 0 atom stereocenters. The average Bonchev–Trinajstić information content (AvgIpc) is 3.33. The number of pyridine rings is 1. The number of benzene rings is 1. The lowest BCUT2D eigenvalue weighted by Gasteiger charge is -2.22. The maximum Gasteiger partial charge on any atom is 0.249 e. The van der Waals surface area contributed by atoms with Gasteiger partial charge in [0, 0.05) is 66.4 Å². The lowest BCUT2D eigenvalue weighted by Crippen LogP contribution is -2.27. The first-order valence-electron chi connectivity index (χ1n) is 9.94. The van der Waals surface area contributed by atoms with Crippen LogP contribution in [0, 0.1) is 5.92 Å². The van der Waals surface area contributed by atoms with Gasteiger partial charge in [0.15, 0.2) is 0 Å². The van der Waals surface area contributed by atoms with Gasteiger partial charge in [0.25, 0.3) is 0 Å². The summed E-state index contributed by atoms with van der Waals surface area (Å²) >= 11 is 0. The van der Waals surface area contributed by atoms with Crippen molar-refractivity contribution >= 4 is 22.6 Å². The van der Waals surface area contributed by atoms with Crippen LogP contribution >= 0.6 is 0 Å². The highest BCUT2D eigenvalue weighted by atomic mass is 16.2. The average molecular weight is 385 g/mol. The van der Waals surface area contributed by atoms with E-state index in [1.54, 1.807) is 6.20 Å². The number of nitrogens with one attached hydrogen (secondary N) is 1. The van der Waals surface area contributed by atoms with Gasteiger partial charge in [0.05, 0.1) is 6.20 Å². The monoisotopic (exact) mass is 385 g/mol. The van der Waals surface area contributed by atoms with Gasteiger partial charge < -0.3 is 9.88 Å². The Balaban J connectivity index is 1.50. The lowest BCUT2D eigenvalue weighted by molar-refractivity contribution is 0.0747. The molecule has 0 spiro atoms. The highest BCUT2D eigenvalue weighted by molar-refractivity contribution is 5.96. The van der Waals surface area contributed by atoms with Crippen LogP contribution in [-0.2, 0) is 0 Å². The van der Waals surface area contributed by atoms with Crippen LogP contribution < -0.4 is 4.90 Å². The molecule has 146 valence electrons. The van der Waals surface area contributed by atoms with Gasteiger partial charge in [-0.3, -0.25) is 4.79 Å². The van der Waals surface area contributed by atoms with Gasteiger partial charge in [-0.05, 0) is 36.6 Å². The molecule has 1 aliphatic carbocycles. The van der Waals surface area contributed by atoms with E-state index in [0.29, 0.717) is 0 Å². The van der Waals surface area contributed by atoms with E-state index < -0.39 is 0 Å². The molecule has 3 aromatic heterocycles. The summed E-state index contributed by atoms with van der Waals surface area (Å²) in [6.07, 6.45) is 10.5. The zero-order valence-electron chi connectivity index (χ0n) is 16.6. The van der Waals surface area contributed by atoms with Crippen LogP contribution in [0.1, 0.15) is 24.1 Å². The van der Waals surface area contributed by atoms with Gasteiger partial charge in [-0.15, -0.1) is 0 Å². The van der Waals surface area contributed by atoms with Gasteiger partial charge in [-0.25, -0.2) is 9.67 Å². The second-order valence-corrected chi connectivity index (χ2v) is 7.90. The second kappa shape index (κ2) is 6.88. The van der Waals surface area contributed by atoms with E-state index in [0.717, 1.165) is 58.2 Å². The Kier molecular flexibility index (Phi) is 4.19. The van der Waals surface area contributed by atoms with Gasteiger partial charge in [0.1, 0.15) is 5.65 Å². The predicted molar refractivity (Wildman–Crippen MR) is 115 cm³/mol. The summed E-state index contributed by atoms with van der Waals surface area (Å²) in [6, 6.07) is 10.6. The molecule has 29 heavy (non-hydrogen) atoms. The van der Waals surface area contributed by atoms with Crippen molar-refractivity contribution in [1.82, 2.24) is 19.7 Å². The SMILES string of the molecule is CN(C)c1ccc(-c2cnc3[nH]cc(-c4cnn(C(=O)C5CCC5)c4)c3c2)cc1. The summed E-state index contributed by atoms with van der Waals surface area (Å²) in [5.74, 6) is 0.228. The number of hydrogen-bond acceptors (Lipinski definition) is 4. The van der Waals surface area contributed by atoms with E-state index in [4.69, 9.17) is 0 Å². The van der Waals surface area contributed by atoms with E-state index in [1.165, 1.54) is 4.68 Å². The molecule has 0 unspecified atom stereocenters. The maximum absolute atomic E-state index is 12.5. The van der Waals surface area contributed by atoms with E-state index in [2.05, 4.69) is 50.3 Å². The maximum atomic E-state index is 12.5. The second-order valence-electron chi connectivity index (χ2n) is 7.90. The summed E-state index contributed by atoms with van der Waals surface area (Å²) in [4.78, 5) is 22.4. The van der Waals surface area contributed by atoms with Crippen LogP contribution in [0.3, 0.4) is 0 Å². The smallest absolute Gasteiger partial charge is 0.249 e. The Morgan fingerprint density at radius 3 is 2.59 bits per heavy atom. The van der Waals surface area contributed by atoms with Crippen molar-refractivity contribution in [1.29, 1.82) is 0 Å². The largest absolute Gasteiger partial charge is 0.378 e. The molecule has 1 N–H and O–H groups in total. The Morgan fingerprint density at radius 2 is 1.90 bits per heavy atom. The van der Waals surface area contributed by atoms with Crippen molar-refractivity contribution < 1.29 is 4.79 Å². The van der Waals surface area contributed by atoms with E-state index >= 15 is 0 Å². The lowest BCUT2D eigenvalue weighted by atomic mass is 9.85. The first-order valence-corrected chi connectivity index (χ1v) is 9.94. The fraction of sp³-hybridized carbons (Fsp3) is 0.261. The topological polar surface area (TPSA) is 66.8 Å². The summed E-state index contributed by atoms with van der Waals surface area (Å²) in [5.41, 5.74) is 6.09. The fourth-order valence-electron chi connectivity index (χ4n) is 3.78. The Labute approximate surface area is 169 Å². The van der Waals surface area contributed by atoms with Crippen LogP contribution in [0.4, 0.5) is 5.69 Å². The minimum absolute atomic E-state index is 0.0992. The molecule has 6 heteroatoms. The third kappa shape index (κ3) is 3.10. The Morgan fingerprint density at radius 1 is 1.10 bits per heavy atom. The van der Waals surface area contributed by atoms with Gasteiger partial charge >= 0.3 is 0 Å². The van der Waals surface area contributed by atoms with Gasteiger partial charge in [-0.2, -0.15) is 5.10 Å². The minimum Gasteiger partial charge on any atom is -0.378 e. The van der Waals surface area contributed by atoms with Crippen molar-refractivity contribution in [2.75, 3.05) is 19.0 Å². The molecular formula is C23H23N5O. The van der Waals surface area contributed by atoms with E-state index in [1.807, 2.05) is 32.7 Å². The highest BCUT2D eigenvalue weighted by Crippen LogP contribution is 2.32. The zero-order chi connectivity index (χ0) is 20.0. The van der Waals surface area contributed by atoms with Gasteiger partial charge in [-0.1, -0.05) is 18.6 Å². The molecule has 0 amide bonds. The fourth-order valence-corrected chi connectivity index (χ4v) is 3.78. The van der Waals surface area contributed by atoms with Crippen molar-refractivity contribution in [3.8, 4) is 22.3 Å². The number of hydrogen-bond donors (Lipinski definition) is 1. The third-order valence-corrected chi connectivity index (χ3v) is 5.82. The quantitative estimate of drug-likeness (QED) is 0.557. The molecule has 1 aromatic carbocycles. The number of anilines is 1. The molecule has 5 rings (SSSR count). The summed E-state index contributed by atoms with van der Waals surface area (Å²) in [7, 11) is 4.06. The van der Waals surface area contributed by atoms with E-state index in [9.17, 15) is 4.79 Å². The molecule has 1 saturated carbocycles. The van der Waals surface area contributed by atoms with Crippen molar-refractivity contribution in [3.05, 3.63) is 55.1 Å². The molecule has 0 saturated heterocycles. The zero-order valence-corrected chi connectivity index (χ0v) is 16.6. The molecule has 6 nitrogen and oxygen atoms in total. The number of rotatable bonds is 4. The standard InChI is InChI=1S/C23H23N5O/c1-27(2)19-8-6-15(7-9-19)17-10-20-21(13-25-22(20)24-11-17)18-12-26-28(14-18)23(29)16-4-3-5-16/h6-14,16H,3-5H2,1-2H3,(H,24,25). The summed E-state index contributed by atoms with van der Waals surface area (Å²) < 4.78 is 1.50. The predicted octanol–water partition coefficient (Wildman–Crippen LogP) is 4.60. The van der Waals surface area contributed by atoms with Gasteiger partial charge in [0.2, 0.25) is 5.91 Å². The van der Waals surface area contributed by atoms with Crippen LogP contribution in [-0.4, -0.2) is 39.8 Å². The molecule has 1 fully saturated rings. The number of H-pyrrole nitrogens is 1. The van der Waals surface area contributed by atoms with Crippen LogP contribution in [0.2, 0.25) is 0 Å². The molecular weight excluding hydrogens is 362 g/mol. The van der Waals surface area contributed by atoms with Crippen LogP contribution in [0.5, 0.6) is 0 Å². The molecule has 0 aliphatic heterocycles. The van der Waals surface area contributed by atoms with Crippen molar-refractivity contribution in [2.24, 2.45) is 5.92 Å².